The molecule has 0 fully saturated rings. The van der Waals surface area contributed by atoms with E-state index in [9.17, 15) is 14.4 Å². The monoisotopic (exact) mass is 262 g/mol. The molecule has 0 saturated heterocycles. The molecule has 2 heterocycles. The van der Waals surface area contributed by atoms with Gasteiger partial charge in [0.25, 0.3) is 0 Å². The van der Waals surface area contributed by atoms with Crippen molar-refractivity contribution in [3.63, 3.8) is 0 Å². The highest BCUT2D eigenvalue weighted by Crippen LogP contribution is 2.25. The van der Waals surface area contributed by atoms with Crippen molar-refractivity contribution in [2.24, 2.45) is 5.90 Å². The number of carbonyl (C=O) groups is 2. The first-order valence-corrected chi connectivity index (χ1v) is 5.53. The number of hydrogen-bond acceptors (Lipinski definition) is 5. The van der Waals surface area contributed by atoms with Crippen LogP contribution in [0.25, 0.3) is 11.0 Å². The Hall–Kier alpha value is -2.61. The number of nitrogens with two attached hydrogens (primary N) is 1. The summed E-state index contributed by atoms with van der Waals surface area (Å²) < 4.78 is 2.56. The molecule has 0 spiro atoms. The van der Waals surface area contributed by atoms with Crippen LogP contribution in [-0.4, -0.2) is 21.0 Å². The lowest BCUT2D eigenvalue weighted by molar-refractivity contribution is -0.144. The number of rotatable bonds is 2. The quantitative estimate of drug-likeness (QED) is 0.687. The summed E-state index contributed by atoms with van der Waals surface area (Å²) in [5.41, 5.74) is 1.25. The summed E-state index contributed by atoms with van der Waals surface area (Å²) in [7, 11) is 0. The fourth-order valence-electron chi connectivity index (χ4n) is 2.28. The Kier molecular flexibility index (Phi) is 2.39. The van der Waals surface area contributed by atoms with Gasteiger partial charge in [0.1, 0.15) is 13.1 Å². The highest BCUT2D eigenvalue weighted by atomic mass is 16.7. The Morgan fingerprint density at radius 2 is 2.21 bits per heavy atom. The highest BCUT2D eigenvalue weighted by Gasteiger charge is 2.23. The van der Waals surface area contributed by atoms with E-state index in [1.165, 1.54) is 9.13 Å². The molecular weight excluding hydrogens is 252 g/mol. The fraction of sp³-hybridized carbons (Fsp3) is 0.182. The van der Waals surface area contributed by atoms with Crippen molar-refractivity contribution >= 4 is 28.6 Å². The number of para-hydroxylation sites is 1. The van der Waals surface area contributed by atoms with Crippen molar-refractivity contribution in [1.29, 1.82) is 0 Å². The average molecular weight is 262 g/mol. The van der Waals surface area contributed by atoms with E-state index >= 15 is 0 Å². The Bertz CT molecular complexity index is 758. The van der Waals surface area contributed by atoms with Gasteiger partial charge in [0.2, 0.25) is 5.91 Å². The Balaban J connectivity index is 2.29. The number of amides is 1. The van der Waals surface area contributed by atoms with Gasteiger partial charge in [0.05, 0.1) is 16.7 Å². The van der Waals surface area contributed by atoms with Crippen LogP contribution in [0.4, 0.5) is 5.69 Å². The van der Waals surface area contributed by atoms with Crippen LogP contribution < -0.4 is 16.9 Å². The lowest BCUT2D eigenvalue weighted by Crippen LogP contribution is -2.33. The molecule has 19 heavy (non-hydrogen) atoms. The smallest absolute Gasteiger partial charge is 0.344 e. The van der Waals surface area contributed by atoms with Crippen LogP contribution >= 0.6 is 0 Å². The van der Waals surface area contributed by atoms with Crippen molar-refractivity contribution in [2.75, 3.05) is 5.32 Å². The first-order valence-electron chi connectivity index (χ1n) is 5.53. The minimum Gasteiger partial charge on any atom is -0.372 e. The van der Waals surface area contributed by atoms with Crippen molar-refractivity contribution in [1.82, 2.24) is 9.13 Å². The SMILES string of the molecule is NOC(=O)Cn1c(=O)n2c3c(cccc31)NC(=O)C2. The van der Waals surface area contributed by atoms with E-state index in [0.717, 1.165) is 0 Å². The van der Waals surface area contributed by atoms with Crippen molar-refractivity contribution in [3.8, 4) is 0 Å². The number of aromatic nitrogens is 2. The van der Waals surface area contributed by atoms with Crippen LogP contribution in [0.15, 0.2) is 23.0 Å². The van der Waals surface area contributed by atoms with Gasteiger partial charge < -0.3 is 10.2 Å². The number of imidazole rings is 1. The molecule has 0 unspecified atom stereocenters. The molecule has 8 heteroatoms. The predicted molar refractivity (Wildman–Crippen MR) is 65.1 cm³/mol. The zero-order valence-electron chi connectivity index (χ0n) is 9.75. The van der Waals surface area contributed by atoms with E-state index in [-0.39, 0.29) is 19.0 Å². The van der Waals surface area contributed by atoms with Gasteiger partial charge in [-0.15, -0.1) is 0 Å². The number of nitrogens with zero attached hydrogens (tertiary/aromatic N) is 2. The molecule has 1 aliphatic heterocycles. The van der Waals surface area contributed by atoms with Crippen molar-refractivity contribution in [2.45, 2.75) is 13.1 Å². The third kappa shape index (κ3) is 1.61. The molecular formula is C11H10N4O4. The molecule has 8 nitrogen and oxygen atoms in total. The molecule has 1 aromatic carbocycles. The standard InChI is InChI=1S/C11H10N4O4/c12-19-9(17)5-14-7-3-1-2-6-10(7)15(11(14)18)4-8(16)13-6/h1-3H,4-5,12H2,(H,13,16). The van der Waals surface area contributed by atoms with Gasteiger partial charge in [0.15, 0.2) is 0 Å². The molecule has 1 amide bonds. The summed E-state index contributed by atoms with van der Waals surface area (Å²) in [5.74, 6) is 3.77. The molecule has 0 atom stereocenters. The molecule has 98 valence electrons. The van der Waals surface area contributed by atoms with Gasteiger partial charge in [-0.2, -0.15) is 5.90 Å². The van der Waals surface area contributed by atoms with Gasteiger partial charge >= 0.3 is 11.7 Å². The predicted octanol–water partition coefficient (Wildman–Crippen LogP) is -0.828. The Morgan fingerprint density at radius 3 is 2.95 bits per heavy atom. The molecule has 0 radical (unpaired) electrons. The molecule has 0 aliphatic carbocycles. The summed E-state index contributed by atoms with van der Waals surface area (Å²) in [6.07, 6.45) is 0. The summed E-state index contributed by atoms with van der Waals surface area (Å²) >= 11 is 0. The number of nitrogens with one attached hydrogen (secondary N) is 1. The Labute approximate surface area is 106 Å². The minimum atomic E-state index is -0.731. The van der Waals surface area contributed by atoms with E-state index < -0.39 is 11.7 Å². The van der Waals surface area contributed by atoms with Crippen LogP contribution in [0.2, 0.25) is 0 Å². The third-order valence-corrected chi connectivity index (χ3v) is 3.03. The summed E-state index contributed by atoms with van der Waals surface area (Å²) in [4.78, 5) is 39.0. The average Bonchev–Trinajstić information content (AvgIpc) is 2.66. The largest absolute Gasteiger partial charge is 0.372 e. The van der Waals surface area contributed by atoms with Crippen molar-refractivity contribution < 1.29 is 14.4 Å². The topological polar surface area (TPSA) is 108 Å². The summed E-state index contributed by atoms with van der Waals surface area (Å²) in [6, 6.07) is 5.08. The zero-order chi connectivity index (χ0) is 13.6. The molecule has 0 saturated carbocycles. The maximum Gasteiger partial charge on any atom is 0.344 e. The van der Waals surface area contributed by atoms with E-state index in [1.807, 2.05) is 0 Å². The number of hydrogen-bond donors (Lipinski definition) is 2. The van der Waals surface area contributed by atoms with E-state index in [2.05, 4.69) is 10.2 Å². The van der Waals surface area contributed by atoms with Crippen LogP contribution in [-0.2, 0) is 27.5 Å². The lowest BCUT2D eigenvalue weighted by Gasteiger charge is -2.14. The minimum absolute atomic E-state index is 0.0724. The highest BCUT2D eigenvalue weighted by molar-refractivity contribution is 6.03. The molecule has 1 aromatic heterocycles. The molecule has 3 rings (SSSR count). The second kappa shape index (κ2) is 3.95. The summed E-state index contributed by atoms with van der Waals surface area (Å²) in [5, 5.41) is 2.68. The van der Waals surface area contributed by atoms with E-state index in [1.54, 1.807) is 18.2 Å². The molecule has 3 N–H and O–H groups in total. The van der Waals surface area contributed by atoms with Gasteiger partial charge in [-0.25, -0.2) is 9.59 Å². The van der Waals surface area contributed by atoms with Crippen LogP contribution in [0.1, 0.15) is 0 Å². The van der Waals surface area contributed by atoms with Gasteiger partial charge in [0, 0.05) is 0 Å². The van der Waals surface area contributed by atoms with Gasteiger partial charge in [-0.05, 0) is 12.1 Å². The van der Waals surface area contributed by atoms with Crippen molar-refractivity contribution in [3.05, 3.63) is 28.7 Å². The second-order valence-electron chi connectivity index (χ2n) is 4.17. The lowest BCUT2D eigenvalue weighted by atomic mass is 10.2. The maximum absolute atomic E-state index is 12.2. The van der Waals surface area contributed by atoms with Crippen LogP contribution in [0.3, 0.4) is 0 Å². The fourth-order valence-corrected chi connectivity index (χ4v) is 2.28. The maximum atomic E-state index is 12.2. The molecule has 1 aliphatic rings. The Morgan fingerprint density at radius 1 is 1.42 bits per heavy atom. The van der Waals surface area contributed by atoms with Gasteiger partial charge in [-0.3, -0.25) is 13.9 Å². The van der Waals surface area contributed by atoms with E-state index in [4.69, 9.17) is 5.90 Å². The molecule has 2 aromatic rings. The van der Waals surface area contributed by atoms with Gasteiger partial charge in [-0.1, -0.05) is 6.07 Å². The summed E-state index contributed by atoms with van der Waals surface area (Å²) in [6.45, 7) is -0.368. The molecule has 0 bridgehead atoms. The van der Waals surface area contributed by atoms with Crippen LogP contribution in [0.5, 0.6) is 0 Å². The third-order valence-electron chi connectivity index (χ3n) is 3.03. The first-order chi connectivity index (χ1) is 9.11. The number of anilines is 1. The van der Waals surface area contributed by atoms with E-state index in [0.29, 0.717) is 16.7 Å². The van der Waals surface area contributed by atoms with Crippen LogP contribution in [0, 0.1) is 0 Å². The second-order valence-corrected chi connectivity index (χ2v) is 4.17. The normalized spacial score (nSPS) is 13.4. The number of carbonyl (C=O) groups excluding carboxylic acids is 2. The zero-order valence-corrected chi connectivity index (χ0v) is 9.75. The number of benzene rings is 1. The first kappa shape index (κ1) is 11.5.